The first-order valence-corrected chi connectivity index (χ1v) is 8.26. The maximum atomic E-state index is 13.3. The molecule has 0 fully saturated rings. The Balaban J connectivity index is 2.01. The van der Waals surface area contributed by atoms with Gasteiger partial charge in [-0.3, -0.25) is 9.59 Å². The third-order valence-electron chi connectivity index (χ3n) is 3.46. The molecule has 0 saturated carbocycles. The summed E-state index contributed by atoms with van der Waals surface area (Å²) in [5.41, 5.74) is 2.19. The molecule has 2 rings (SSSR count). The van der Waals surface area contributed by atoms with Crippen LogP contribution in [0.4, 0.5) is 15.8 Å². The fraction of sp³-hybridized carbons (Fsp3) is 0.222. The number of carbonyl (C=O) groups excluding carboxylic acids is 2. The van der Waals surface area contributed by atoms with Gasteiger partial charge in [0.05, 0.1) is 5.69 Å². The molecular formula is C18H18BrFN2O2. The Morgan fingerprint density at radius 3 is 2.58 bits per heavy atom. The molecule has 2 aromatic carbocycles. The predicted molar refractivity (Wildman–Crippen MR) is 96.6 cm³/mol. The van der Waals surface area contributed by atoms with Gasteiger partial charge in [-0.25, -0.2) is 4.39 Å². The molecular weight excluding hydrogens is 375 g/mol. The van der Waals surface area contributed by atoms with E-state index in [1.165, 1.54) is 30.0 Å². The zero-order valence-corrected chi connectivity index (χ0v) is 15.1. The van der Waals surface area contributed by atoms with Gasteiger partial charge in [0, 0.05) is 30.0 Å². The van der Waals surface area contributed by atoms with Gasteiger partial charge in [-0.1, -0.05) is 12.1 Å². The average Bonchev–Trinajstić information content (AvgIpc) is 2.50. The van der Waals surface area contributed by atoms with Gasteiger partial charge in [0.2, 0.25) is 11.8 Å². The standard InChI is InChI=1S/C18H18BrFN2O2/c1-12-6-7-17(16(19)10-12)21-18(24)8-9-22(13(2)23)15-5-3-4-14(20)11-15/h3-7,10-11H,8-9H2,1-2H3,(H,21,24). The topological polar surface area (TPSA) is 49.4 Å². The molecule has 1 N–H and O–H groups in total. The quantitative estimate of drug-likeness (QED) is 0.825. The van der Waals surface area contributed by atoms with E-state index in [1.54, 1.807) is 6.07 Å². The van der Waals surface area contributed by atoms with Crippen LogP contribution in [0.2, 0.25) is 0 Å². The summed E-state index contributed by atoms with van der Waals surface area (Å²) in [7, 11) is 0. The van der Waals surface area contributed by atoms with E-state index < -0.39 is 5.82 Å². The van der Waals surface area contributed by atoms with Gasteiger partial charge >= 0.3 is 0 Å². The highest BCUT2D eigenvalue weighted by atomic mass is 79.9. The number of hydrogen-bond acceptors (Lipinski definition) is 2. The van der Waals surface area contributed by atoms with E-state index in [-0.39, 0.29) is 24.8 Å². The second-order valence-electron chi connectivity index (χ2n) is 5.43. The van der Waals surface area contributed by atoms with Gasteiger partial charge < -0.3 is 10.2 Å². The first-order chi connectivity index (χ1) is 11.4. The molecule has 2 aromatic rings. The van der Waals surface area contributed by atoms with Crippen LogP contribution in [0.3, 0.4) is 0 Å². The summed E-state index contributed by atoms with van der Waals surface area (Å²) < 4.78 is 14.1. The molecule has 0 aliphatic rings. The van der Waals surface area contributed by atoms with Crippen molar-refractivity contribution in [3.05, 3.63) is 58.3 Å². The molecule has 0 atom stereocenters. The van der Waals surface area contributed by atoms with E-state index in [0.717, 1.165) is 10.0 Å². The summed E-state index contributed by atoms with van der Waals surface area (Å²) in [6, 6.07) is 11.4. The number of amides is 2. The summed E-state index contributed by atoms with van der Waals surface area (Å²) in [6.45, 7) is 3.52. The van der Waals surface area contributed by atoms with Crippen molar-refractivity contribution in [1.82, 2.24) is 0 Å². The van der Waals surface area contributed by atoms with Crippen molar-refractivity contribution in [2.45, 2.75) is 20.3 Å². The van der Waals surface area contributed by atoms with Crippen molar-refractivity contribution >= 4 is 39.1 Å². The average molecular weight is 393 g/mol. The molecule has 0 saturated heterocycles. The molecule has 6 heteroatoms. The molecule has 4 nitrogen and oxygen atoms in total. The highest BCUT2D eigenvalue weighted by Gasteiger charge is 2.14. The van der Waals surface area contributed by atoms with Crippen LogP contribution >= 0.6 is 15.9 Å². The van der Waals surface area contributed by atoms with Crippen LogP contribution < -0.4 is 10.2 Å². The third-order valence-corrected chi connectivity index (χ3v) is 4.12. The minimum atomic E-state index is -0.424. The zero-order valence-electron chi connectivity index (χ0n) is 13.5. The lowest BCUT2D eigenvalue weighted by Crippen LogP contribution is -2.32. The SMILES string of the molecule is CC(=O)N(CCC(=O)Nc1ccc(C)cc1Br)c1cccc(F)c1. The summed E-state index contributed by atoms with van der Waals surface area (Å²) in [6.07, 6.45) is 0.108. The van der Waals surface area contributed by atoms with E-state index in [9.17, 15) is 14.0 Å². The second kappa shape index (κ2) is 8.06. The van der Waals surface area contributed by atoms with Gasteiger partial charge in [-0.05, 0) is 58.7 Å². The molecule has 2 amide bonds. The Labute approximate surface area is 148 Å². The van der Waals surface area contributed by atoms with Crippen molar-refractivity contribution in [3.63, 3.8) is 0 Å². The fourth-order valence-corrected chi connectivity index (χ4v) is 2.85. The molecule has 24 heavy (non-hydrogen) atoms. The van der Waals surface area contributed by atoms with E-state index in [4.69, 9.17) is 0 Å². The monoisotopic (exact) mass is 392 g/mol. The molecule has 0 radical (unpaired) electrons. The number of anilines is 2. The first-order valence-electron chi connectivity index (χ1n) is 7.46. The maximum absolute atomic E-state index is 13.3. The lowest BCUT2D eigenvalue weighted by Gasteiger charge is -2.21. The number of benzene rings is 2. The summed E-state index contributed by atoms with van der Waals surface area (Å²) >= 11 is 3.40. The van der Waals surface area contributed by atoms with Crippen LogP contribution in [0, 0.1) is 12.7 Å². The molecule has 0 bridgehead atoms. The van der Waals surface area contributed by atoms with Crippen LogP contribution in [0.15, 0.2) is 46.9 Å². The highest BCUT2D eigenvalue weighted by Crippen LogP contribution is 2.23. The minimum Gasteiger partial charge on any atom is -0.325 e. The number of hydrogen-bond donors (Lipinski definition) is 1. The van der Waals surface area contributed by atoms with Gasteiger partial charge in [0.25, 0.3) is 0 Å². The Kier molecular flexibility index (Phi) is 6.09. The zero-order chi connectivity index (χ0) is 17.7. The van der Waals surface area contributed by atoms with Gasteiger partial charge in [-0.15, -0.1) is 0 Å². The molecule has 126 valence electrons. The number of aryl methyl sites for hydroxylation is 1. The van der Waals surface area contributed by atoms with Crippen molar-refractivity contribution in [3.8, 4) is 0 Å². The minimum absolute atomic E-state index is 0.108. The fourth-order valence-electron chi connectivity index (χ4n) is 2.26. The van der Waals surface area contributed by atoms with Crippen LogP contribution in [-0.2, 0) is 9.59 Å². The smallest absolute Gasteiger partial charge is 0.226 e. The molecule has 0 aromatic heterocycles. The second-order valence-corrected chi connectivity index (χ2v) is 6.29. The van der Waals surface area contributed by atoms with E-state index in [0.29, 0.717) is 11.4 Å². The Morgan fingerprint density at radius 2 is 1.96 bits per heavy atom. The molecule has 0 aliphatic heterocycles. The highest BCUT2D eigenvalue weighted by molar-refractivity contribution is 9.10. The van der Waals surface area contributed by atoms with E-state index >= 15 is 0 Å². The molecule has 0 aliphatic carbocycles. The molecule has 0 spiro atoms. The Hall–Kier alpha value is -2.21. The number of halogens is 2. The molecule has 0 heterocycles. The number of nitrogens with zero attached hydrogens (tertiary/aromatic N) is 1. The molecule has 0 unspecified atom stereocenters. The lowest BCUT2D eigenvalue weighted by molar-refractivity contribution is -0.117. The lowest BCUT2D eigenvalue weighted by atomic mass is 10.2. The van der Waals surface area contributed by atoms with Crippen molar-refractivity contribution < 1.29 is 14.0 Å². The predicted octanol–water partition coefficient (Wildman–Crippen LogP) is 4.28. The first kappa shape index (κ1) is 18.1. The number of rotatable bonds is 5. The maximum Gasteiger partial charge on any atom is 0.226 e. The summed E-state index contributed by atoms with van der Waals surface area (Å²) in [5.74, 6) is -0.890. The van der Waals surface area contributed by atoms with E-state index in [2.05, 4.69) is 21.2 Å². The van der Waals surface area contributed by atoms with Crippen molar-refractivity contribution in [2.75, 3.05) is 16.8 Å². The van der Waals surface area contributed by atoms with Crippen LogP contribution in [-0.4, -0.2) is 18.4 Å². The summed E-state index contributed by atoms with van der Waals surface area (Å²) in [4.78, 5) is 25.3. The van der Waals surface area contributed by atoms with Gasteiger partial charge in [0.1, 0.15) is 5.82 Å². The Bertz CT molecular complexity index is 764. The normalized spacial score (nSPS) is 10.3. The third kappa shape index (κ3) is 4.89. The van der Waals surface area contributed by atoms with Crippen LogP contribution in [0.25, 0.3) is 0 Å². The van der Waals surface area contributed by atoms with Crippen LogP contribution in [0.1, 0.15) is 18.9 Å². The number of nitrogens with one attached hydrogen (secondary N) is 1. The van der Waals surface area contributed by atoms with E-state index in [1.807, 2.05) is 25.1 Å². The largest absolute Gasteiger partial charge is 0.325 e. The van der Waals surface area contributed by atoms with Gasteiger partial charge in [-0.2, -0.15) is 0 Å². The Morgan fingerprint density at radius 1 is 1.21 bits per heavy atom. The number of carbonyl (C=O) groups is 2. The van der Waals surface area contributed by atoms with Crippen molar-refractivity contribution in [2.24, 2.45) is 0 Å². The van der Waals surface area contributed by atoms with Gasteiger partial charge in [0.15, 0.2) is 0 Å². The van der Waals surface area contributed by atoms with Crippen LogP contribution in [0.5, 0.6) is 0 Å². The van der Waals surface area contributed by atoms with Crippen molar-refractivity contribution in [1.29, 1.82) is 0 Å². The summed E-state index contributed by atoms with van der Waals surface area (Å²) in [5, 5.41) is 2.80.